The molecule has 0 saturated heterocycles. The Morgan fingerprint density at radius 2 is 1.95 bits per heavy atom. The van der Waals surface area contributed by atoms with Gasteiger partial charge in [0.25, 0.3) is 0 Å². The molecule has 0 radical (unpaired) electrons. The molecular weight excluding hydrogens is 238 g/mol. The average Bonchev–Trinajstić information content (AvgIpc) is 2.77. The first-order valence-corrected chi connectivity index (χ1v) is 6.79. The monoisotopic (exact) mass is 261 g/mol. The van der Waals surface area contributed by atoms with E-state index in [4.69, 9.17) is 14.9 Å². The summed E-state index contributed by atoms with van der Waals surface area (Å²) in [4.78, 5) is 0. The van der Waals surface area contributed by atoms with Gasteiger partial charge in [-0.25, -0.2) is 0 Å². The molecule has 2 rings (SSSR count). The predicted octanol–water partition coefficient (Wildman–Crippen LogP) is 3.88. The Labute approximate surface area is 114 Å². The lowest BCUT2D eigenvalue weighted by Gasteiger charge is -2.33. The molecule has 1 aromatic heterocycles. The standard InChI is InChI=1S/C16H23NO2/c1-5-18-15(16(2,3)4)14(17)13-10-11-8-6-7-9-12(11)19-13/h6-10,14-15H,5,17H2,1-4H3. The van der Waals surface area contributed by atoms with Crippen LogP contribution in [-0.4, -0.2) is 12.7 Å². The number of hydrogen-bond acceptors (Lipinski definition) is 3. The number of furan rings is 1. The molecule has 0 aliphatic carbocycles. The summed E-state index contributed by atoms with van der Waals surface area (Å²) in [7, 11) is 0. The molecule has 0 fully saturated rings. The van der Waals surface area contributed by atoms with Crippen molar-refractivity contribution in [3.05, 3.63) is 36.1 Å². The maximum Gasteiger partial charge on any atom is 0.134 e. The van der Waals surface area contributed by atoms with Crippen molar-refractivity contribution >= 4 is 11.0 Å². The molecule has 0 spiro atoms. The molecule has 104 valence electrons. The van der Waals surface area contributed by atoms with Crippen LogP contribution in [0.1, 0.15) is 39.5 Å². The molecule has 3 nitrogen and oxygen atoms in total. The maximum absolute atomic E-state index is 6.36. The highest BCUT2D eigenvalue weighted by molar-refractivity contribution is 5.77. The van der Waals surface area contributed by atoms with E-state index in [0.717, 1.165) is 16.7 Å². The van der Waals surface area contributed by atoms with Crippen molar-refractivity contribution in [3.8, 4) is 0 Å². The summed E-state index contributed by atoms with van der Waals surface area (Å²) in [5.41, 5.74) is 7.20. The van der Waals surface area contributed by atoms with Crippen molar-refractivity contribution in [1.29, 1.82) is 0 Å². The summed E-state index contributed by atoms with van der Waals surface area (Å²) in [6.45, 7) is 9.04. The second-order valence-corrected chi connectivity index (χ2v) is 5.95. The highest BCUT2D eigenvalue weighted by Crippen LogP contribution is 2.33. The molecule has 2 atom stereocenters. The normalized spacial score (nSPS) is 15.6. The van der Waals surface area contributed by atoms with E-state index >= 15 is 0 Å². The number of para-hydroxylation sites is 1. The number of fused-ring (bicyclic) bond motifs is 1. The molecule has 2 aromatic rings. The highest BCUT2D eigenvalue weighted by Gasteiger charge is 2.33. The van der Waals surface area contributed by atoms with E-state index in [1.54, 1.807) is 0 Å². The number of hydrogen-bond donors (Lipinski definition) is 1. The van der Waals surface area contributed by atoms with Crippen LogP contribution >= 0.6 is 0 Å². The first-order chi connectivity index (χ1) is 8.93. The lowest BCUT2D eigenvalue weighted by atomic mass is 9.84. The second kappa shape index (κ2) is 5.35. The van der Waals surface area contributed by atoms with E-state index < -0.39 is 0 Å². The van der Waals surface area contributed by atoms with Crippen LogP contribution in [0.3, 0.4) is 0 Å². The Hall–Kier alpha value is -1.32. The van der Waals surface area contributed by atoms with Crippen LogP contribution in [0.2, 0.25) is 0 Å². The molecule has 3 heteroatoms. The van der Waals surface area contributed by atoms with Gasteiger partial charge < -0.3 is 14.9 Å². The highest BCUT2D eigenvalue weighted by atomic mass is 16.5. The van der Waals surface area contributed by atoms with Gasteiger partial charge in [0.1, 0.15) is 11.3 Å². The van der Waals surface area contributed by atoms with Gasteiger partial charge in [-0.05, 0) is 24.5 Å². The molecule has 2 N–H and O–H groups in total. The van der Waals surface area contributed by atoms with Crippen molar-refractivity contribution in [2.45, 2.75) is 39.8 Å². The minimum absolute atomic E-state index is 0.0333. The first kappa shape index (κ1) is 14.1. The first-order valence-electron chi connectivity index (χ1n) is 6.79. The topological polar surface area (TPSA) is 48.4 Å². The molecule has 0 amide bonds. The fraction of sp³-hybridized carbons (Fsp3) is 0.500. The SMILES string of the molecule is CCOC(C(N)c1cc2ccccc2o1)C(C)(C)C. The molecule has 1 heterocycles. The average molecular weight is 261 g/mol. The summed E-state index contributed by atoms with van der Waals surface area (Å²) in [6, 6.07) is 9.70. The molecule has 0 aliphatic rings. The van der Waals surface area contributed by atoms with Crippen molar-refractivity contribution < 1.29 is 9.15 Å². The quantitative estimate of drug-likeness (QED) is 0.908. The number of ether oxygens (including phenoxy) is 1. The lowest BCUT2D eigenvalue weighted by Crippen LogP contribution is -2.39. The van der Waals surface area contributed by atoms with Crippen LogP contribution in [0.4, 0.5) is 0 Å². The minimum Gasteiger partial charge on any atom is -0.459 e. The Balaban J connectivity index is 2.32. The molecule has 0 saturated carbocycles. The van der Waals surface area contributed by atoms with Crippen LogP contribution in [0.25, 0.3) is 11.0 Å². The van der Waals surface area contributed by atoms with E-state index in [1.165, 1.54) is 0 Å². The van der Waals surface area contributed by atoms with E-state index in [1.807, 2.05) is 37.3 Å². The van der Waals surface area contributed by atoms with E-state index in [2.05, 4.69) is 20.8 Å². The lowest BCUT2D eigenvalue weighted by molar-refractivity contribution is -0.0319. The number of rotatable bonds is 4. The van der Waals surface area contributed by atoms with Crippen LogP contribution in [-0.2, 0) is 4.74 Å². The van der Waals surface area contributed by atoms with Crippen LogP contribution in [0.5, 0.6) is 0 Å². The van der Waals surface area contributed by atoms with E-state index in [9.17, 15) is 0 Å². The Morgan fingerprint density at radius 3 is 2.53 bits per heavy atom. The van der Waals surface area contributed by atoms with Gasteiger partial charge in [0, 0.05) is 12.0 Å². The molecule has 19 heavy (non-hydrogen) atoms. The zero-order valence-corrected chi connectivity index (χ0v) is 12.1. The third-order valence-corrected chi connectivity index (χ3v) is 3.30. The van der Waals surface area contributed by atoms with Crippen molar-refractivity contribution in [3.63, 3.8) is 0 Å². The van der Waals surface area contributed by atoms with Crippen LogP contribution in [0, 0.1) is 5.41 Å². The summed E-state index contributed by atoms with van der Waals surface area (Å²) >= 11 is 0. The van der Waals surface area contributed by atoms with Gasteiger partial charge in [-0.2, -0.15) is 0 Å². The van der Waals surface area contributed by atoms with Gasteiger partial charge >= 0.3 is 0 Å². The fourth-order valence-electron chi connectivity index (χ4n) is 2.39. The third-order valence-electron chi connectivity index (χ3n) is 3.30. The van der Waals surface area contributed by atoms with Gasteiger partial charge in [0.05, 0.1) is 12.1 Å². The third kappa shape index (κ3) is 2.99. The number of nitrogens with two attached hydrogens (primary N) is 1. The Morgan fingerprint density at radius 1 is 1.26 bits per heavy atom. The van der Waals surface area contributed by atoms with Gasteiger partial charge in [-0.15, -0.1) is 0 Å². The minimum atomic E-state index is -0.257. The molecular formula is C16H23NO2. The smallest absolute Gasteiger partial charge is 0.134 e. The summed E-state index contributed by atoms with van der Waals surface area (Å²) in [5, 5.41) is 1.08. The van der Waals surface area contributed by atoms with Gasteiger partial charge in [0.2, 0.25) is 0 Å². The molecule has 2 unspecified atom stereocenters. The zero-order valence-electron chi connectivity index (χ0n) is 12.1. The molecule has 1 aromatic carbocycles. The van der Waals surface area contributed by atoms with Gasteiger partial charge in [0.15, 0.2) is 0 Å². The van der Waals surface area contributed by atoms with E-state index in [-0.39, 0.29) is 17.6 Å². The van der Waals surface area contributed by atoms with Crippen molar-refractivity contribution in [2.24, 2.45) is 11.1 Å². The molecule has 0 bridgehead atoms. The zero-order chi connectivity index (χ0) is 14.0. The van der Waals surface area contributed by atoms with E-state index in [0.29, 0.717) is 6.61 Å². The van der Waals surface area contributed by atoms with Crippen LogP contribution in [0.15, 0.2) is 34.7 Å². The van der Waals surface area contributed by atoms with Gasteiger partial charge in [-0.3, -0.25) is 0 Å². The summed E-state index contributed by atoms with van der Waals surface area (Å²) in [6.07, 6.45) is -0.0712. The summed E-state index contributed by atoms with van der Waals surface area (Å²) < 4.78 is 11.7. The van der Waals surface area contributed by atoms with Gasteiger partial charge in [-0.1, -0.05) is 39.0 Å². The number of benzene rings is 1. The Kier molecular flexibility index (Phi) is 3.97. The summed E-state index contributed by atoms with van der Waals surface area (Å²) in [5.74, 6) is 0.787. The predicted molar refractivity (Wildman–Crippen MR) is 78.0 cm³/mol. The van der Waals surface area contributed by atoms with Crippen LogP contribution < -0.4 is 5.73 Å². The van der Waals surface area contributed by atoms with Crippen molar-refractivity contribution in [1.82, 2.24) is 0 Å². The Bertz CT molecular complexity index is 506. The second-order valence-electron chi connectivity index (χ2n) is 5.95. The largest absolute Gasteiger partial charge is 0.459 e. The van der Waals surface area contributed by atoms with Crippen molar-refractivity contribution in [2.75, 3.05) is 6.61 Å². The maximum atomic E-state index is 6.36. The molecule has 0 aliphatic heterocycles. The fourth-order valence-corrected chi connectivity index (χ4v) is 2.39.